The molecule has 0 heterocycles. The molecular formula is C16H12Br2F2. The molecule has 0 N–H and O–H groups in total. The molecule has 3 unspecified atom stereocenters. The van der Waals surface area contributed by atoms with Gasteiger partial charge in [0, 0.05) is 10.4 Å². The summed E-state index contributed by atoms with van der Waals surface area (Å²) in [5, 5.41) is 0. The summed E-state index contributed by atoms with van der Waals surface area (Å²) in [7, 11) is 0. The van der Waals surface area contributed by atoms with Gasteiger partial charge in [-0.3, -0.25) is 0 Å². The third-order valence-corrected chi connectivity index (χ3v) is 5.56. The first kappa shape index (κ1) is 14.2. The first-order valence-corrected chi connectivity index (χ1v) is 8.12. The topological polar surface area (TPSA) is 0 Å². The highest BCUT2D eigenvalue weighted by molar-refractivity contribution is 9.10. The fourth-order valence-corrected chi connectivity index (χ4v) is 3.85. The van der Waals surface area contributed by atoms with Gasteiger partial charge in [0.05, 0.1) is 4.47 Å². The Morgan fingerprint density at radius 2 is 1.75 bits per heavy atom. The zero-order valence-electron chi connectivity index (χ0n) is 10.5. The van der Waals surface area contributed by atoms with Crippen LogP contribution in [-0.4, -0.2) is 0 Å². The van der Waals surface area contributed by atoms with E-state index < -0.39 is 5.82 Å². The summed E-state index contributed by atoms with van der Waals surface area (Å²) in [5.41, 5.74) is 1.66. The number of alkyl halides is 1. The van der Waals surface area contributed by atoms with E-state index in [1.807, 2.05) is 18.2 Å². The Balaban J connectivity index is 1.82. The van der Waals surface area contributed by atoms with Gasteiger partial charge in [0.2, 0.25) is 0 Å². The number of hydrogen-bond donors (Lipinski definition) is 0. The highest BCUT2D eigenvalue weighted by Gasteiger charge is 2.44. The Kier molecular flexibility index (Phi) is 3.95. The molecule has 104 valence electrons. The van der Waals surface area contributed by atoms with Crippen molar-refractivity contribution in [3.63, 3.8) is 0 Å². The van der Waals surface area contributed by atoms with Crippen LogP contribution >= 0.6 is 31.9 Å². The van der Waals surface area contributed by atoms with E-state index in [1.165, 1.54) is 17.7 Å². The van der Waals surface area contributed by atoms with Crippen LogP contribution in [0.3, 0.4) is 0 Å². The fourth-order valence-electron chi connectivity index (χ4n) is 2.60. The third-order valence-electron chi connectivity index (χ3n) is 3.78. The SMILES string of the molecule is Fc1cc(C(Br)C2CC2c2ccccc2)c(F)cc1Br. The Morgan fingerprint density at radius 3 is 2.45 bits per heavy atom. The molecule has 1 fully saturated rings. The zero-order valence-corrected chi connectivity index (χ0v) is 13.7. The van der Waals surface area contributed by atoms with Crippen LogP contribution in [0, 0.1) is 17.6 Å². The lowest BCUT2D eigenvalue weighted by Crippen LogP contribution is -2.00. The van der Waals surface area contributed by atoms with Gasteiger partial charge >= 0.3 is 0 Å². The van der Waals surface area contributed by atoms with Gasteiger partial charge in [-0.15, -0.1) is 0 Å². The van der Waals surface area contributed by atoms with Crippen molar-refractivity contribution in [3.05, 3.63) is 69.7 Å². The molecule has 0 radical (unpaired) electrons. The van der Waals surface area contributed by atoms with Crippen LogP contribution in [0.25, 0.3) is 0 Å². The van der Waals surface area contributed by atoms with E-state index in [9.17, 15) is 8.78 Å². The maximum Gasteiger partial charge on any atom is 0.137 e. The summed E-state index contributed by atoms with van der Waals surface area (Å²) in [6.45, 7) is 0. The third kappa shape index (κ3) is 2.68. The van der Waals surface area contributed by atoms with E-state index in [2.05, 4.69) is 44.0 Å². The lowest BCUT2D eigenvalue weighted by molar-refractivity contribution is 0.572. The summed E-state index contributed by atoms with van der Waals surface area (Å²) >= 11 is 6.54. The van der Waals surface area contributed by atoms with Crippen molar-refractivity contribution in [1.29, 1.82) is 0 Å². The second-order valence-electron chi connectivity index (χ2n) is 5.11. The maximum atomic E-state index is 14.0. The second kappa shape index (κ2) is 5.57. The number of halogens is 4. The van der Waals surface area contributed by atoms with Crippen molar-refractivity contribution in [2.24, 2.45) is 5.92 Å². The van der Waals surface area contributed by atoms with Gasteiger partial charge in [-0.05, 0) is 51.9 Å². The van der Waals surface area contributed by atoms with Crippen LogP contribution < -0.4 is 0 Å². The maximum absolute atomic E-state index is 14.0. The van der Waals surface area contributed by atoms with Crippen molar-refractivity contribution in [3.8, 4) is 0 Å². The molecule has 0 nitrogen and oxygen atoms in total. The minimum atomic E-state index is -0.428. The highest BCUT2D eigenvalue weighted by atomic mass is 79.9. The van der Waals surface area contributed by atoms with E-state index in [-0.39, 0.29) is 15.1 Å². The zero-order chi connectivity index (χ0) is 14.3. The van der Waals surface area contributed by atoms with E-state index in [0.29, 0.717) is 17.4 Å². The van der Waals surface area contributed by atoms with Gasteiger partial charge in [-0.25, -0.2) is 8.78 Å². The number of rotatable bonds is 3. The first-order valence-electron chi connectivity index (χ1n) is 6.41. The molecule has 0 aromatic heterocycles. The second-order valence-corrected chi connectivity index (χ2v) is 6.95. The van der Waals surface area contributed by atoms with Crippen LogP contribution in [0.5, 0.6) is 0 Å². The molecular weight excluding hydrogens is 390 g/mol. The van der Waals surface area contributed by atoms with Gasteiger partial charge in [-0.1, -0.05) is 46.3 Å². The minimum Gasteiger partial charge on any atom is -0.207 e. The summed E-state index contributed by atoms with van der Waals surface area (Å²) in [6, 6.07) is 12.6. The Labute approximate surface area is 133 Å². The molecule has 0 bridgehead atoms. The molecule has 1 aliphatic carbocycles. The van der Waals surface area contributed by atoms with E-state index in [4.69, 9.17) is 0 Å². The molecule has 2 aromatic carbocycles. The normalized spacial score (nSPS) is 22.6. The minimum absolute atomic E-state index is 0.157. The van der Waals surface area contributed by atoms with Crippen LogP contribution in [0.15, 0.2) is 46.9 Å². The molecule has 3 rings (SSSR count). The van der Waals surface area contributed by atoms with E-state index in [0.717, 1.165) is 6.42 Å². The average molecular weight is 402 g/mol. The van der Waals surface area contributed by atoms with Crippen molar-refractivity contribution in [1.82, 2.24) is 0 Å². The van der Waals surface area contributed by atoms with Gasteiger partial charge in [0.15, 0.2) is 0 Å². The standard InChI is InChI=1S/C16H12Br2F2/c17-13-8-14(19)12(7-15(13)20)16(18)11-6-10(11)9-4-2-1-3-5-9/h1-5,7-8,10-11,16H,6H2. The summed E-state index contributed by atoms with van der Waals surface area (Å²) in [5.74, 6) is -0.0687. The summed E-state index contributed by atoms with van der Waals surface area (Å²) in [6.07, 6.45) is 0.997. The molecule has 0 saturated heterocycles. The molecule has 1 aliphatic rings. The van der Waals surface area contributed by atoms with Crippen LogP contribution in [0.4, 0.5) is 8.78 Å². The van der Waals surface area contributed by atoms with Gasteiger partial charge in [-0.2, -0.15) is 0 Å². The van der Waals surface area contributed by atoms with Gasteiger partial charge in [0.25, 0.3) is 0 Å². The van der Waals surface area contributed by atoms with Gasteiger partial charge < -0.3 is 0 Å². The Hall–Kier alpha value is -0.740. The molecule has 0 amide bonds. The van der Waals surface area contributed by atoms with Crippen molar-refractivity contribution in [2.75, 3.05) is 0 Å². The molecule has 20 heavy (non-hydrogen) atoms. The Bertz CT molecular complexity index is 628. The molecule has 0 aliphatic heterocycles. The lowest BCUT2D eigenvalue weighted by atomic mass is 10.0. The molecule has 3 atom stereocenters. The predicted octanol–water partition coefficient (Wildman–Crippen LogP) is 5.97. The predicted molar refractivity (Wildman–Crippen MR) is 83.0 cm³/mol. The average Bonchev–Trinajstić information content (AvgIpc) is 3.23. The fraction of sp³-hybridized carbons (Fsp3) is 0.250. The first-order chi connectivity index (χ1) is 9.58. The smallest absolute Gasteiger partial charge is 0.137 e. The molecule has 1 saturated carbocycles. The summed E-state index contributed by atoms with van der Waals surface area (Å²) in [4.78, 5) is -0.157. The van der Waals surface area contributed by atoms with Crippen LogP contribution in [0.2, 0.25) is 0 Å². The monoisotopic (exact) mass is 400 g/mol. The van der Waals surface area contributed by atoms with Crippen LogP contribution in [-0.2, 0) is 0 Å². The molecule has 2 aromatic rings. The highest BCUT2D eigenvalue weighted by Crippen LogP contribution is 2.57. The van der Waals surface area contributed by atoms with Crippen LogP contribution in [0.1, 0.15) is 28.3 Å². The largest absolute Gasteiger partial charge is 0.207 e. The number of hydrogen-bond acceptors (Lipinski definition) is 0. The van der Waals surface area contributed by atoms with E-state index in [1.54, 1.807) is 0 Å². The van der Waals surface area contributed by atoms with Crippen molar-refractivity contribution >= 4 is 31.9 Å². The molecule has 0 spiro atoms. The number of benzene rings is 2. The Morgan fingerprint density at radius 1 is 1.05 bits per heavy atom. The van der Waals surface area contributed by atoms with Gasteiger partial charge in [0.1, 0.15) is 11.6 Å². The lowest BCUT2D eigenvalue weighted by Gasteiger charge is -2.12. The summed E-state index contributed by atoms with van der Waals surface area (Å²) < 4.78 is 27.7. The quantitative estimate of drug-likeness (QED) is 0.439. The van der Waals surface area contributed by atoms with Crippen molar-refractivity contribution < 1.29 is 8.78 Å². The van der Waals surface area contributed by atoms with Crippen molar-refractivity contribution in [2.45, 2.75) is 17.2 Å². The van der Waals surface area contributed by atoms with E-state index >= 15 is 0 Å². The molecule has 4 heteroatoms.